The molecular weight excluding hydrogens is 437 g/mol. The number of nitrogens with one attached hydrogen (secondary N) is 2. The summed E-state index contributed by atoms with van der Waals surface area (Å²) < 4.78 is 6.02. The highest BCUT2D eigenvalue weighted by Gasteiger charge is 2.69. The molecule has 2 N–H and O–H groups in total. The molecule has 2 bridgehead atoms. The van der Waals surface area contributed by atoms with Crippen LogP contribution in [0, 0.1) is 35.0 Å². The van der Waals surface area contributed by atoms with E-state index in [4.69, 9.17) is 33.2 Å². The maximum Gasteiger partial charge on any atom is 0.250 e. The van der Waals surface area contributed by atoms with Gasteiger partial charge in [0.2, 0.25) is 5.95 Å². The first-order chi connectivity index (χ1) is 14.8. The molecule has 154 valence electrons. The van der Waals surface area contributed by atoms with Gasteiger partial charge in [-0.1, -0.05) is 23.2 Å². The van der Waals surface area contributed by atoms with E-state index in [1.54, 1.807) is 18.2 Å². The maximum absolute atomic E-state index is 9.25. The third-order valence-corrected chi connectivity index (χ3v) is 6.21. The van der Waals surface area contributed by atoms with Gasteiger partial charge in [0.25, 0.3) is 5.88 Å². The Morgan fingerprint density at radius 2 is 1.87 bits per heavy atom. The molecule has 1 aromatic carbocycles. The molecule has 0 atom stereocenters. The number of aromatic nitrogens is 4. The molecule has 0 amide bonds. The van der Waals surface area contributed by atoms with Crippen molar-refractivity contribution in [3.63, 3.8) is 0 Å². The maximum atomic E-state index is 9.25. The fraction of sp³-hybridized carbons (Fsp3) is 0.286. The lowest BCUT2D eigenvalue weighted by Gasteiger charge is -2.66. The summed E-state index contributed by atoms with van der Waals surface area (Å²) in [6.07, 6.45) is 5.28. The molecule has 31 heavy (non-hydrogen) atoms. The normalized spacial score (nSPS) is 23.6. The molecule has 0 radical (unpaired) electrons. The van der Waals surface area contributed by atoms with Gasteiger partial charge in [-0.3, -0.25) is 0 Å². The van der Waals surface area contributed by atoms with Crippen LogP contribution in [0.25, 0.3) is 17.2 Å². The third-order valence-electron chi connectivity index (χ3n) is 5.65. The number of hydrogen-bond donors (Lipinski definition) is 2. The number of nitriles is 2. The summed E-state index contributed by atoms with van der Waals surface area (Å²) >= 11 is 12.8. The lowest BCUT2D eigenvalue weighted by Crippen LogP contribution is -2.70. The van der Waals surface area contributed by atoms with Crippen LogP contribution in [0.1, 0.15) is 30.7 Å². The molecule has 0 saturated heterocycles. The summed E-state index contributed by atoms with van der Waals surface area (Å²) in [5.41, 5.74) is 1.31. The number of hydrogen-bond acceptors (Lipinski definition) is 7. The SMILES string of the molecule is Cc1nc2nc(NC34CC(C#N)(C3)C4)nc(Oc3c(Cl)cc(/C=C/C#N)cc3Cl)c2[nH]1. The summed E-state index contributed by atoms with van der Waals surface area (Å²) in [6, 6.07) is 7.61. The van der Waals surface area contributed by atoms with E-state index in [1.807, 2.05) is 13.0 Å². The first-order valence-corrected chi connectivity index (χ1v) is 10.3. The number of allylic oxidation sites excluding steroid dienone is 1. The Labute approximate surface area is 187 Å². The van der Waals surface area contributed by atoms with Crippen LogP contribution in [0.15, 0.2) is 18.2 Å². The van der Waals surface area contributed by atoms with E-state index < -0.39 is 0 Å². The van der Waals surface area contributed by atoms with E-state index in [-0.39, 0.29) is 32.6 Å². The molecular formula is C21H15Cl2N7O. The summed E-state index contributed by atoms with van der Waals surface area (Å²) in [7, 11) is 0. The largest absolute Gasteiger partial charge is 0.434 e. The van der Waals surface area contributed by atoms with E-state index in [9.17, 15) is 5.26 Å². The van der Waals surface area contributed by atoms with Gasteiger partial charge in [0.15, 0.2) is 11.4 Å². The number of H-pyrrole nitrogens is 1. The Morgan fingerprint density at radius 1 is 1.16 bits per heavy atom. The average molecular weight is 452 g/mol. The van der Waals surface area contributed by atoms with Crippen LogP contribution >= 0.6 is 23.2 Å². The molecule has 6 rings (SSSR count). The number of anilines is 1. The highest BCUT2D eigenvalue weighted by molar-refractivity contribution is 6.37. The smallest absolute Gasteiger partial charge is 0.250 e. The number of aromatic amines is 1. The molecule has 0 spiro atoms. The number of benzene rings is 1. The lowest BCUT2D eigenvalue weighted by molar-refractivity contribution is -0.0665. The second-order valence-electron chi connectivity index (χ2n) is 8.08. The van der Waals surface area contributed by atoms with Gasteiger partial charge in [0, 0.05) is 11.6 Å². The Kier molecular flexibility index (Phi) is 4.33. The summed E-state index contributed by atoms with van der Waals surface area (Å²) in [5, 5.41) is 21.9. The van der Waals surface area contributed by atoms with Crippen molar-refractivity contribution in [2.45, 2.75) is 31.7 Å². The van der Waals surface area contributed by atoms with Crippen LogP contribution in [-0.4, -0.2) is 25.5 Å². The second-order valence-corrected chi connectivity index (χ2v) is 8.89. The quantitative estimate of drug-likeness (QED) is 0.513. The molecule has 3 aliphatic carbocycles. The number of ether oxygens (including phenoxy) is 1. The lowest BCUT2D eigenvalue weighted by atomic mass is 9.40. The van der Waals surface area contributed by atoms with Crippen LogP contribution in [0.4, 0.5) is 5.95 Å². The fourth-order valence-corrected chi connectivity index (χ4v) is 4.98. The minimum absolute atomic E-state index is 0.143. The fourth-order valence-electron chi connectivity index (χ4n) is 4.40. The number of imidazole rings is 1. The van der Waals surface area contributed by atoms with Crippen molar-refractivity contribution in [1.82, 2.24) is 19.9 Å². The van der Waals surface area contributed by atoms with E-state index in [0.29, 0.717) is 28.5 Å². The second kappa shape index (κ2) is 6.84. The molecule has 0 unspecified atom stereocenters. The first-order valence-electron chi connectivity index (χ1n) is 9.51. The zero-order chi connectivity index (χ0) is 21.8. The predicted octanol–water partition coefficient (Wildman–Crippen LogP) is 5.16. The van der Waals surface area contributed by atoms with Gasteiger partial charge in [-0.15, -0.1) is 0 Å². The first kappa shape index (κ1) is 19.6. The highest BCUT2D eigenvalue weighted by Crippen LogP contribution is 2.67. The number of nitrogens with zero attached hydrogens (tertiary/aromatic N) is 5. The van der Waals surface area contributed by atoms with Crippen LogP contribution < -0.4 is 10.1 Å². The Morgan fingerprint density at radius 3 is 2.52 bits per heavy atom. The molecule has 8 nitrogen and oxygen atoms in total. The summed E-state index contributed by atoms with van der Waals surface area (Å²) in [5.74, 6) is 1.51. The Hall–Kier alpha value is -3.33. The van der Waals surface area contributed by atoms with Crippen molar-refractivity contribution < 1.29 is 4.74 Å². The number of fused-ring (bicyclic) bond motifs is 1. The van der Waals surface area contributed by atoms with Gasteiger partial charge in [-0.25, -0.2) is 4.98 Å². The van der Waals surface area contributed by atoms with Crippen molar-refractivity contribution in [1.29, 1.82) is 10.5 Å². The van der Waals surface area contributed by atoms with Crippen LogP contribution in [0.3, 0.4) is 0 Å². The van der Waals surface area contributed by atoms with Crippen LogP contribution in [0.2, 0.25) is 10.0 Å². The average Bonchev–Trinajstić information content (AvgIpc) is 3.04. The van der Waals surface area contributed by atoms with Crippen molar-refractivity contribution in [2.75, 3.05) is 5.32 Å². The number of halogens is 2. The van der Waals surface area contributed by atoms with Crippen molar-refractivity contribution >= 4 is 46.4 Å². The van der Waals surface area contributed by atoms with Gasteiger partial charge in [-0.2, -0.15) is 20.5 Å². The van der Waals surface area contributed by atoms with Crippen LogP contribution in [-0.2, 0) is 0 Å². The predicted molar refractivity (Wildman–Crippen MR) is 116 cm³/mol. The number of aryl methyl sites for hydroxylation is 1. The van der Waals surface area contributed by atoms with Gasteiger partial charge in [-0.05, 0) is 50.0 Å². The zero-order valence-electron chi connectivity index (χ0n) is 16.3. The minimum Gasteiger partial charge on any atom is -0.434 e. The molecule has 3 fully saturated rings. The van der Waals surface area contributed by atoms with E-state index in [0.717, 1.165) is 19.3 Å². The van der Waals surface area contributed by atoms with Gasteiger partial charge < -0.3 is 15.0 Å². The van der Waals surface area contributed by atoms with Crippen LogP contribution in [0.5, 0.6) is 11.6 Å². The molecule has 0 aliphatic heterocycles. The van der Waals surface area contributed by atoms with Gasteiger partial charge in [0.05, 0.1) is 27.6 Å². The molecule has 2 aromatic heterocycles. The van der Waals surface area contributed by atoms with Crippen molar-refractivity contribution in [3.8, 4) is 23.8 Å². The van der Waals surface area contributed by atoms with Crippen molar-refractivity contribution in [3.05, 3.63) is 39.6 Å². The standard InChI is InChI=1S/C21H15Cl2N7O/c1-11-26-15-17(27-11)28-19(30-21-7-20(8-21,9-21)10-25)29-18(15)31-16-13(22)5-12(3-2-4-24)6-14(16)23/h2-3,5-6H,7-9H2,1H3,(H2,26,27,28,29,30)/b3-2+. The molecule has 3 aliphatic rings. The Balaban J connectivity index is 1.49. The molecule has 10 heteroatoms. The van der Waals surface area contributed by atoms with E-state index in [2.05, 4.69) is 31.3 Å². The zero-order valence-corrected chi connectivity index (χ0v) is 17.8. The summed E-state index contributed by atoms with van der Waals surface area (Å²) in [4.78, 5) is 16.5. The monoisotopic (exact) mass is 451 g/mol. The van der Waals surface area contributed by atoms with Gasteiger partial charge >= 0.3 is 0 Å². The Bertz CT molecular complexity index is 1310. The minimum atomic E-state index is -0.192. The molecule has 3 saturated carbocycles. The van der Waals surface area contributed by atoms with E-state index >= 15 is 0 Å². The highest BCUT2D eigenvalue weighted by atomic mass is 35.5. The van der Waals surface area contributed by atoms with Crippen molar-refractivity contribution in [2.24, 2.45) is 5.41 Å². The molecule has 2 heterocycles. The number of rotatable bonds is 5. The van der Waals surface area contributed by atoms with E-state index in [1.165, 1.54) is 6.08 Å². The molecule has 3 aromatic rings. The van der Waals surface area contributed by atoms with Gasteiger partial charge in [0.1, 0.15) is 11.3 Å². The summed E-state index contributed by atoms with van der Waals surface area (Å²) in [6.45, 7) is 1.81. The third kappa shape index (κ3) is 3.25. The topological polar surface area (TPSA) is 123 Å².